The van der Waals surface area contributed by atoms with Gasteiger partial charge in [-0.3, -0.25) is 0 Å². The zero-order valence-corrected chi connectivity index (χ0v) is 8.56. The van der Waals surface area contributed by atoms with Crippen molar-refractivity contribution in [1.82, 2.24) is 4.31 Å². The van der Waals surface area contributed by atoms with E-state index in [1.165, 1.54) is 4.31 Å². The zero-order valence-electron chi connectivity index (χ0n) is 7.74. The van der Waals surface area contributed by atoms with Crippen LogP contribution in [0.5, 0.6) is 0 Å². The first-order valence-electron chi connectivity index (χ1n) is 4.00. The second-order valence-electron chi connectivity index (χ2n) is 4.19. The molecule has 1 aliphatic heterocycles. The van der Waals surface area contributed by atoms with Crippen LogP contribution in [0.25, 0.3) is 0 Å². The summed E-state index contributed by atoms with van der Waals surface area (Å²) in [6, 6.07) is 0.0297. The highest BCUT2D eigenvalue weighted by Gasteiger charge is 2.40. The Kier molecular flexibility index (Phi) is 2.22. The van der Waals surface area contributed by atoms with Crippen LogP contribution in [0.3, 0.4) is 0 Å². The maximum absolute atomic E-state index is 11.7. The van der Waals surface area contributed by atoms with E-state index in [1.807, 2.05) is 0 Å². The number of rotatable bonds is 1. The lowest BCUT2D eigenvalue weighted by Gasteiger charge is -2.39. The Morgan fingerprint density at radius 2 is 1.75 bits per heavy atom. The summed E-state index contributed by atoms with van der Waals surface area (Å²) in [5.41, 5.74) is 5.50. The highest BCUT2D eigenvalue weighted by atomic mass is 32.2. The third-order valence-electron chi connectivity index (χ3n) is 1.99. The first kappa shape index (κ1) is 9.95. The van der Waals surface area contributed by atoms with Gasteiger partial charge in [0.2, 0.25) is 10.0 Å². The van der Waals surface area contributed by atoms with Gasteiger partial charge in [0.25, 0.3) is 0 Å². The van der Waals surface area contributed by atoms with Crippen molar-refractivity contribution in [3.63, 3.8) is 0 Å². The molecule has 0 aromatic rings. The Bertz CT molecular complexity index is 260. The van der Waals surface area contributed by atoms with Crippen molar-refractivity contribution in [2.75, 3.05) is 13.1 Å². The number of hydrogen-bond donors (Lipinski definition) is 1. The maximum atomic E-state index is 11.7. The minimum atomic E-state index is -3.12. The summed E-state index contributed by atoms with van der Waals surface area (Å²) in [5, 5.41) is 0. The van der Waals surface area contributed by atoms with Gasteiger partial charge in [0, 0.05) is 19.1 Å². The lowest BCUT2D eigenvalue weighted by atomic mass is 10.2. The number of nitrogens with zero attached hydrogens (tertiary/aromatic N) is 1. The SMILES string of the molecule is CC(C)(C)S(=O)(=O)N1CC(N)C1. The predicted octanol–water partition coefficient (Wildman–Crippen LogP) is -0.242. The normalized spacial score (nSPS) is 22.3. The second kappa shape index (κ2) is 2.68. The molecule has 0 spiro atoms. The topological polar surface area (TPSA) is 63.4 Å². The molecule has 1 saturated heterocycles. The van der Waals surface area contributed by atoms with Crippen molar-refractivity contribution in [3.8, 4) is 0 Å². The monoisotopic (exact) mass is 192 g/mol. The van der Waals surface area contributed by atoms with E-state index in [0.29, 0.717) is 13.1 Å². The lowest BCUT2D eigenvalue weighted by molar-refractivity contribution is 0.259. The van der Waals surface area contributed by atoms with Crippen LogP contribution in [0, 0.1) is 0 Å². The van der Waals surface area contributed by atoms with Crippen LogP contribution >= 0.6 is 0 Å². The summed E-state index contributed by atoms with van der Waals surface area (Å²) in [7, 11) is -3.12. The van der Waals surface area contributed by atoms with Crippen molar-refractivity contribution < 1.29 is 8.42 Å². The van der Waals surface area contributed by atoms with Crippen molar-refractivity contribution in [1.29, 1.82) is 0 Å². The third-order valence-corrected chi connectivity index (χ3v) is 4.52. The smallest absolute Gasteiger partial charge is 0.219 e. The Morgan fingerprint density at radius 1 is 1.33 bits per heavy atom. The van der Waals surface area contributed by atoms with Gasteiger partial charge in [0.1, 0.15) is 0 Å². The molecule has 0 atom stereocenters. The average molecular weight is 192 g/mol. The van der Waals surface area contributed by atoms with Crippen LogP contribution in [-0.2, 0) is 10.0 Å². The standard InChI is InChI=1S/C7H16N2O2S/c1-7(2,3)12(10,11)9-4-6(8)5-9/h6H,4-5,8H2,1-3H3. The predicted molar refractivity (Wildman–Crippen MR) is 48.2 cm³/mol. The molecule has 0 radical (unpaired) electrons. The van der Waals surface area contributed by atoms with Crippen LogP contribution in [0.2, 0.25) is 0 Å². The van der Waals surface area contributed by atoms with Crippen molar-refractivity contribution in [2.45, 2.75) is 31.6 Å². The van der Waals surface area contributed by atoms with E-state index in [-0.39, 0.29) is 6.04 Å². The summed E-state index contributed by atoms with van der Waals surface area (Å²) in [5.74, 6) is 0. The van der Waals surface area contributed by atoms with E-state index >= 15 is 0 Å². The molecule has 0 saturated carbocycles. The molecule has 0 unspecified atom stereocenters. The largest absolute Gasteiger partial charge is 0.325 e. The average Bonchev–Trinajstić information content (AvgIpc) is 1.78. The molecular formula is C7H16N2O2S. The van der Waals surface area contributed by atoms with E-state index in [4.69, 9.17) is 5.73 Å². The van der Waals surface area contributed by atoms with E-state index in [9.17, 15) is 8.42 Å². The summed E-state index contributed by atoms with van der Waals surface area (Å²) in [6.07, 6.45) is 0. The van der Waals surface area contributed by atoms with Crippen LogP contribution < -0.4 is 5.73 Å². The highest BCUT2D eigenvalue weighted by molar-refractivity contribution is 7.90. The van der Waals surface area contributed by atoms with Gasteiger partial charge in [0.15, 0.2) is 0 Å². The lowest BCUT2D eigenvalue weighted by Crippen LogP contribution is -2.60. The molecule has 0 amide bonds. The molecule has 2 N–H and O–H groups in total. The molecule has 12 heavy (non-hydrogen) atoms. The van der Waals surface area contributed by atoms with Gasteiger partial charge in [-0.1, -0.05) is 0 Å². The fraction of sp³-hybridized carbons (Fsp3) is 1.00. The van der Waals surface area contributed by atoms with Crippen LogP contribution in [0.4, 0.5) is 0 Å². The number of nitrogens with two attached hydrogens (primary N) is 1. The van der Waals surface area contributed by atoms with Gasteiger partial charge in [0.05, 0.1) is 4.75 Å². The van der Waals surface area contributed by atoms with Crippen molar-refractivity contribution in [3.05, 3.63) is 0 Å². The van der Waals surface area contributed by atoms with Crippen LogP contribution in [0.15, 0.2) is 0 Å². The molecule has 72 valence electrons. The molecule has 0 aromatic heterocycles. The first-order valence-corrected chi connectivity index (χ1v) is 5.44. The summed E-state index contributed by atoms with van der Waals surface area (Å²) in [6.45, 7) is 6.05. The van der Waals surface area contributed by atoms with Gasteiger partial charge < -0.3 is 5.73 Å². The first-order chi connectivity index (χ1) is 5.25. The number of sulfonamides is 1. The number of hydrogen-bond acceptors (Lipinski definition) is 3. The van der Waals surface area contributed by atoms with Crippen LogP contribution in [-0.4, -0.2) is 36.6 Å². The minimum absolute atomic E-state index is 0.0297. The fourth-order valence-corrected chi connectivity index (χ4v) is 2.60. The Balaban J connectivity index is 2.75. The van der Waals surface area contributed by atoms with Gasteiger partial charge in [-0.05, 0) is 20.8 Å². The highest BCUT2D eigenvalue weighted by Crippen LogP contribution is 2.23. The van der Waals surface area contributed by atoms with Crippen LogP contribution in [0.1, 0.15) is 20.8 Å². The molecular weight excluding hydrogens is 176 g/mol. The molecule has 1 fully saturated rings. The molecule has 1 heterocycles. The molecule has 1 rings (SSSR count). The second-order valence-corrected chi connectivity index (χ2v) is 6.89. The Labute approximate surface area is 73.8 Å². The molecule has 0 bridgehead atoms. The van der Waals surface area contributed by atoms with Gasteiger partial charge in [-0.2, -0.15) is 4.31 Å². The Morgan fingerprint density at radius 3 is 2.00 bits per heavy atom. The minimum Gasteiger partial charge on any atom is -0.325 e. The molecule has 1 aliphatic rings. The maximum Gasteiger partial charge on any atom is 0.219 e. The van der Waals surface area contributed by atoms with E-state index in [0.717, 1.165) is 0 Å². The zero-order chi connectivity index (χ0) is 9.57. The molecule has 4 nitrogen and oxygen atoms in total. The van der Waals surface area contributed by atoms with Gasteiger partial charge >= 0.3 is 0 Å². The fourth-order valence-electron chi connectivity index (χ4n) is 1.05. The molecule has 0 aromatic carbocycles. The van der Waals surface area contributed by atoms with E-state index < -0.39 is 14.8 Å². The third kappa shape index (κ3) is 1.48. The van der Waals surface area contributed by atoms with E-state index in [2.05, 4.69) is 0 Å². The van der Waals surface area contributed by atoms with Crippen molar-refractivity contribution in [2.24, 2.45) is 5.73 Å². The summed E-state index contributed by atoms with van der Waals surface area (Å²) < 4.78 is 24.0. The van der Waals surface area contributed by atoms with Crippen molar-refractivity contribution >= 4 is 10.0 Å². The molecule has 0 aliphatic carbocycles. The summed E-state index contributed by atoms with van der Waals surface area (Å²) in [4.78, 5) is 0. The van der Waals surface area contributed by atoms with E-state index in [1.54, 1.807) is 20.8 Å². The summed E-state index contributed by atoms with van der Waals surface area (Å²) >= 11 is 0. The van der Waals surface area contributed by atoms with Gasteiger partial charge in [-0.15, -0.1) is 0 Å². The quantitative estimate of drug-likeness (QED) is 0.623. The Hall–Kier alpha value is -0.130. The molecule has 5 heteroatoms. The van der Waals surface area contributed by atoms with Gasteiger partial charge in [-0.25, -0.2) is 8.42 Å².